The van der Waals surface area contributed by atoms with Gasteiger partial charge in [0.2, 0.25) is 0 Å². The summed E-state index contributed by atoms with van der Waals surface area (Å²) in [6, 6.07) is 6.57. The van der Waals surface area contributed by atoms with Crippen molar-refractivity contribution in [3.63, 3.8) is 0 Å². The SMILES string of the molecule is CC(C)(C(=O)O)c1ccc(C(O)C(O)CCN)cc1. The van der Waals surface area contributed by atoms with Crippen LogP contribution >= 0.6 is 0 Å². The Morgan fingerprint density at radius 3 is 2.21 bits per heavy atom. The molecule has 0 saturated heterocycles. The smallest absolute Gasteiger partial charge is 0.313 e. The summed E-state index contributed by atoms with van der Waals surface area (Å²) in [5.41, 5.74) is 5.53. The fraction of sp³-hybridized carbons (Fsp3) is 0.500. The molecule has 0 aliphatic carbocycles. The Morgan fingerprint density at radius 1 is 1.26 bits per heavy atom. The summed E-state index contributed by atoms with van der Waals surface area (Å²) >= 11 is 0. The van der Waals surface area contributed by atoms with Gasteiger partial charge in [0, 0.05) is 0 Å². The van der Waals surface area contributed by atoms with Crippen molar-refractivity contribution in [1.82, 2.24) is 0 Å². The number of aliphatic hydroxyl groups is 2. The van der Waals surface area contributed by atoms with E-state index >= 15 is 0 Å². The van der Waals surface area contributed by atoms with E-state index in [1.165, 1.54) is 0 Å². The number of hydrogen-bond acceptors (Lipinski definition) is 4. The fourth-order valence-corrected chi connectivity index (χ4v) is 1.77. The van der Waals surface area contributed by atoms with Gasteiger partial charge in [-0.2, -0.15) is 0 Å². The second kappa shape index (κ2) is 6.14. The zero-order chi connectivity index (χ0) is 14.6. The van der Waals surface area contributed by atoms with Crippen molar-refractivity contribution < 1.29 is 20.1 Å². The van der Waals surface area contributed by atoms with Crippen LogP contribution in [0.5, 0.6) is 0 Å². The molecule has 0 aromatic heterocycles. The monoisotopic (exact) mass is 267 g/mol. The number of aliphatic carboxylic acids is 1. The van der Waals surface area contributed by atoms with E-state index in [4.69, 9.17) is 10.8 Å². The fourth-order valence-electron chi connectivity index (χ4n) is 1.77. The molecule has 0 fully saturated rings. The summed E-state index contributed by atoms with van der Waals surface area (Å²) in [6.45, 7) is 3.52. The second-order valence-corrected chi connectivity index (χ2v) is 5.14. The molecule has 0 bridgehead atoms. The maximum Gasteiger partial charge on any atom is 0.313 e. The first-order valence-corrected chi connectivity index (χ1v) is 6.20. The molecule has 5 N–H and O–H groups in total. The topological polar surface area (TPSA) is 104 Å². The largest absolute Gasteiger partial charge is 0.481 e. The zero-order valence-corrected chi connectivity index (χ0v) is 11.2. The summed E-state index contributed by atoms with van der Waals surface area (Å²) in [5.74, 6) is -0.913. The number of benzene rings is 1. The Kier molecular flexibility index (Phi) is 5.05. The number of rotatable bonds is 6. The van der Waals surface area contributed by atoms with Crippen LogP contribution in [0, 0.1) is 0 Å². The highest BCUT2D eigenvalue weighted by Crippen LogP contribution is 2.26. The van der Waals surface area contributed by atoms with Crippen LogP contribution in [0.2, 0.25) is 0 Å². The van der Waals surface area contributed by atoms with Gasteiger partial charge in [-0.3, -0.25) is 4.79 Å². The van der Waals surface area contributed by atoms with Crippen LogP contribution in [-0.2, 0) is 10.2 Å². The standard InChI is InChI=1S/C14H21NO4/c1-14(2,13(18)19)10-5-3-9(4-6-10)12(17)11(16)7-8-15/h3-6,11-12,16-17H,7-8,15H2,1-2H3,(H,18,19). The van der Waals surface area contributed by atoms with Crippen LogP contribution < -0.4 is 5.73 Å². The first-order chi connectivity index (χ1) is 8.80. The van der Waals surface area contributed by atoms with Crippen molar-refractivity contribution in [2.24, 2.45) is 5.73 Å². The van der Waals surface area contributed by atoms with E-state index in [-0.39, 0.29) is 0 Å². The molecule has 19 heavy (non-hydrogen) atoms. The third-order valence-corrected chi connectivity index (χ3v) is 3.34. The number of carboxylic acids is 1. The van der Waals surface area contributed by atoms with Gasteiger partial charge in [0.05, 0.1) is 11.5 Å². The summed E-state index contributed by atoms with van der Waals surface area (Å²) in [4.78, 5) is 11.1. The number of aliphatic hydroxyl groups excluding tert-OH is 2. The van der Waals surface area contributed by atoms with Gasteiger partial charge >= 0.3 is 5.97 Å². The first kappa shape index (κ1) is 15.6. The molecule has 0 aliphatic heterocycles. The Labute approximate surface area is 112 Å². The molecule has 0 radical (unpaired) electrons. The van der Waals surface area contributed by atoms with E-state index in [1.54, 1.807) is 38.1 Å². The van der Waals surface area contributed by atoms with E-state index in [0.29, 0.717) is 24.1 Å². The molecule has 1 rings (SSSR count). The minimum absolute atomic E-state index is 0.294. The van der Waals surface area contributed by atoms with E-state index in [9.17, 15) is 15.0 Å². The number of carboxylic acid groups (broad SMARTS) is 1. The van der Waals surface area contributed by atoms with Gasteiger partial charge in [0.15, 0.2) is 0 Å². The lowest BCUT2D eigenvalue weighted by atomic mass is 9.84. The van der Waals surface area contributed by atoms with E-state index in [1.807, 2.05) is 0 Å². The molecule has 0 heterocycles. The highest BCUT2D eigenvalue weighted by atomic mass is 16.4. The molecular formula is C14H21NO4. The highest BCUT2D eigenvalue weighted by Gasteiger charge is 2.29. The van der Waals surface area contributed by atoms with Crippen LogP contribution in [0.15, 0.2) is 24.3 Å². The van der Waals surface area contributed by atoms with Gasteiger partial charge in [-0.25, -0.2) is 0 Å². The van der Waals surface area contributed by atoms with Crippen molar-refractivity contribution in [2.45, 2.75) is 37.9 Å². The Bertz CT molecular complexity index is 428. The lowest BCUT2D eigenvalue weighted by Crippen LogP contribution is -2.28. The molecule has 106 valence electrons. The molecule has 5 nitrogen and oxygen atoms in total. The molecule has 0 spiro atoms. The van der Waals surface area contributed by atoms with Crippen LogP contribution in [-0.4, -0.2) is 33.9 Å². The van der Waals surface area contributed by atoms with Crippen molar-refractivity contribution in [1.29, 1.82) is 0 Å². The van der Waals surface area contributed by atoms with E-state index in [2.05, 4.69) is 0 Å². The summed E-state index contributed by atoms with van der Waals surface area (Å²) in [7, 11) is 0. The quantitative estimate of drug-likeness (QED) is 0.610. The molecule has 5 heteroatoms. The van der Waals surface area contributed by atoms with Gasteiger partial charge in [0.1, 0.15) is 6.10 Å². The van der Waals surface area contributed by atoms with Crippen molar-refractivity contribution in [2.75, 3.05) is 6.54 Å². The first-order valence-electron chi connectivity index (χ1n) is 6.20. The third kappa shape index (κ3) is 3.53. The maximum atomic E-state index is 11.1. The minimum Gasteiger partial charge on any atom is -0.481 e. The predicted octanol–water partition coefficient (Wildman–Crippen LogP) is 0.792. The van der Waals surface area contributed by atoms with Crippen molar-refractivity contribution in [3.8, 4) is 0 Å². The van der Waals surface area contributed by atoms with Crippen molar-refractivity contribution in [3.05, 3.63) is 35.4 Å². The van der Waals surface area contributed by atoms with Crippen LogP contribution in [0.3, 0.4) is 0 Å². The lowest BCUT2D eigenvalue weighted by Gasteiger charge is -2.22. The number of carbonyl (C=O) groups is 1. The van der Waals surface area contributed by atoms with E-state index < -0.39 is 23.6 Å². The average Bonchev–Trinajstić information content (AvgIpc) is 2.38. The minimum atomic E-state index is -1.01. The second-order valence-electron chi connectivity index (χ2n) is 5.14. The van der Waals surface area contributed by atoms with Gasteiger partial charge in [-0.05, 0) is 37.9 Å². The molecule has 2 unspecified atom stereocenters. The summed E-state index contributed by atoms with van der Waals surface area (Å²) < 4.78 is 0. The van der Waals surface area contributed by atoms with Gasteiger partial charge in [-0.15, -0.1) is 0 Å². The molecule has 0 aliphatic rings. The molecule has 0 saturated carbocycles. The Hall–Kier alpha value is -1.43. The van der Waals surface area contributed by atoms with Crippen molar-refractivity contribution >= 4 is 5.97 Å². The number of hydrogen-bond donors (Lipinski definition) is 4. The van der Waals surface area contributed by atoms with Crippen LogP contribution in [0.25, 0.3) is 0 Å². The molecular weight excluding hydrogens is 246 g/mol. The molecule has 2 atom stereocenters. The Morgan fingerprint density at radius 2 is 1.79 bits per heavy atom. The molecule has 1 aromatic rings. The van der Waals surface area contributed by atoms with Gasteiger partial charge < -0.3 is 21.1 Å². The Balaban J connectivity index is 2.91. The lowest BCUT2D eigenvalue weighted by molar-refractivity contribution is -0.142. The number of nitrogens with two attached hydrogens (primary N) is 1. The van der Waals surface area contributed by atoms with E-state index in [0.717, 1.165) is 0 Å². The summed E-state index contributed by atoms with van der Waals surface area (Å²) in [6.07, 6.45) is -1.61. The highest BCUT2D eigenvalue weighted by molar-refractivity contribution is 5.80. The van der Waals surface area contributed by atoms with Gasteiger partial charge in [0.25, 0.3) is 0 Å². The average molecular weight is 267 g/mol. The third-order valence-electron chi connectivity index (χ3n) is 3.34. The zero-order valence-electron chi connectivity index (χ0n) is 11.2. The molecule has 1 aromatic carbocycles. The predicted molar refractivity (Wildman–Crippen MR) is 71.7 cm³/mol. The molecule has 0 amide bonds. The maximum absolute atomic E-state index is 11.1. The van der Waals surface area contributed by atoms with Crippen LogP contribution in [0.4, 0.5) is 0 Å². The van der Waals surface area contributed by atoms with Crippen LogP contribution in [0.1, 0.15) is 37.5 Å². The normalized spacial score (nSPS) is 15.0. The van der Waals surface area contributed by atoms with Gasteiger partial charge in [-0.1, -0.05) is 24.3 Å². The summed E-state index contributed by atoms with van der Waals surface area (Å²) in [5, 5.41) is 28.7.